The van der Waals surface area contributed by atoms with E-state index >= 15 is 0 Å². The van der Waals surface area contributed by atoms with E-state index in [1.807, 2.05) is 5.38 Å². The van der Waals surface area contributed by atoms with Crippen LogP contribution in [0.1, 0.15) is 0 Å². The molecule has 0 aliphatic rings. The number of fused-ring (bicyclic) bond motifs is 1. The molecule has 0 aliphatic carbocycles. The maximum absolute atomic E-state index is 13.3. The number of ether oxygens (including phenoxy) is 1. The highest BCUT2D eigenvalue weighted by molar-refractivity contribution is 7.89. The highest BCUT2D eigenvalue weighted by Gasteiger charge is 2.18. The Morgan fingerprint density at radius 1 is 1.15 bits per heavy atom. The van der Waals surface area contributed by atoms with Crippen molar-refractivity contribution in [3.05, 3.63) is 66.1 Å². The Morgan fingerprint density at radius 2 is 1.91 bits per heavy atom. The van der Waals surface area contributed by atoms with Crippen LogP contribution >= 0.6 is 11.3 Å². The van der Waals surface area contributed by atoms with E-state index in [0.717, 1.165) is 15.4 Å². The fourth-order valence-corrected chi connectivity index (χ4v) is 4.93. The normalized spacial score (nSPS) is 11.6. The third-order valence-corrected chi connectivity index (χ3v) is 7.42. The number of benzene rings is 2. The van der Waals surface area contributed by atoms with Crippen molar-refractivity contribution in [1.82, 2.24) is 14.3 Å². The van der Waals surface area contributed by atoms with Crippen LogP contribution in [0.4, 0.5) is 10.1 Å². The SMILES string of the molecule is CN(C)S(=O)(=O)c1cccc(NC(=O)COc2ncnc3scc(-c4ccc(F)cc4)c23)c1. The van der Waals surface area contributed by atoms with Crippen molar-refractivity contribution in [1.29, 1.82) is 0 Å². The lowest BCUT2D eigenvalue weighted by atomic mass is 10.1. The van der Waals surface area contributed by atoms with Gasteiger partial charge in [-0.2, -0.15) is 0 Å². The third kappa shape index (κ3) is 4.85. The first kappa shape index (κ1) is 22.8. The average molecular weight is 487 g/mol. The van der Waals surface area contributed by atoms with E-state index < -0.39 is 15.9 Å². The molecule has 0 saturated heterocycles. The van der Waals surface area contributed by atoms with Gasteiger partial charge in [0.1, 0.15) is 17.0 Å². The molecule has 0 unspecified atom stereocenters. The molecule has 0 aliphatic heterocycles. The van der Waals surface area contributed by atoms with Gasteiger partial charge in [0.25, 0.3) is 5.91 Å². The van der Waals surface area contributed by atoms with Gasteiger partial charge < -0.3 is 10.1 Å². The summed E-state index contributed by atoms with van der Waals surface area (Å²) in [4.78, 5) is 21.6. The van der Waals surface area contributed by atoms with Gasteiger partial charge in [-0.15, -0.1) is 11.3 Å². The number of carbonyl (C=O) groups excluding carboxylic acids is 1. The molecule has 2 heterocycles. The summed E-state index contributed by atoms with van der Waals surface area (Å²) in [7, 11) is -0.767. The van der Waals surface area contributed by atoms with Gasteiger partial charge in [0.05, 0.1) is 10.3 Å². The van der Waals surface area contributed by atoms with Gasteiger partial charge in [-0.3, -0.25) is 4.79 Å². The molecule has 1 amide bonds. The Labute approximate surface area is 193 Å². The lowest BCUT2D eigenvalue weighted by Crippen LogP contribution is -2.23. The molecular formula is C22H19FN4O4S2. The van der Waals surface area contributed by atoms with Gasteiger partial charge in [0.2, 0.25) is 15.9 Å². The van der Waals surface area contributed by atoms with Crippen LogP contribution in [0, 0.1) is 5.82 Å². The summed E-state index contributed by atoms with van der Waals surface area (Å²) < 4.78 is 44.7. The fourth-order valence-electron chi connectivity index (χ4n) is 3.08. The van der Waals surface area contributed by atoms with Gasteiger partial charge in [0.15, 0.2) is 6.61 Å². The van der Waals surface area contributed by atoms with E-state index in [9.17, 15) is 17.6 Å². The molecular weight excluding hydrogens is 467 g/mol. The van der Waals surface area contributed by atoms with Crippen molar-refractivity contribution in [3.8, 4) is 17.0 Å². The first-order valence-corrected chi connectivity index (χ1v) is 12.0. The molecule has 8 nitrogen and oxygen atoms in total. The molecule has 0 radical (unpaired) electrons. The lowest BCUT2D eigenvalue weighted by molar-refractivity contribution is -0.118. The summed E-state index contributed by atoms with van der Waals surface area (Å²) in [5, 5.41) is 5.13. The molecule has 2 aromatic heterocycles. The monoisotopic (exact) mass is 486 g/mol. The highest BCUT2D eigenvalue weighted by atomic mass is 32.2. The van der Waals surface area contributed by atoms with Crippen LogP contribution in [-0.4, -0.2) is 49.3 Å². The van der Waals surface area contributed by atoms with E-state index in [2.05, 4.69) is 15.3 Å². The predicted molar refractivity (Wildman–Crippen MR) is 124 cm³/mol. The quantitative estimate of drug-likeness (QED) is 0.427. The summed E-state index contributed by atoms with van der Waals surface area (Å²) in [6.07, 6.45) is 1.34. The molecule has 0 spiro atoms. The van der Waals surface area contributed by atoms with E-state index in [0.29, 0.717) is 15.9 Å². The summed E-state index contributed by atoms with van der Waals surface area (Å²) in [6, 6.07) is 12.0. The minimum Gasteiger partial charge on any atom is -0.467 e. The maximum atomic E-state index is 13.3. The smallest absolute Gasteiger partial charge is 0.262 e. The van der Waals surface area contributed by atoms with Crippen molar-refractivity contribution >= 4 is 43.2 Å². The minimum absolute atomic E-state index is 0.0611. The number of halogens is 1. The number of amides is 1. The molecule has 0 saturated carbocycles. The molecule has 33 heavy (non-hydrogen) atoms. The van der Waals surface area contributed by atoms with Gasteiger partial charge in [-0.05, 0) is 35.9 Å². The number of nitrogens with zero attached hydrogens (tertiary/aromatic N) is 3. The van der Waals surface area contributed by atoms with Gasteiger partial charge in [-0.25, -0.2) is 27.1 Å². The van der Waals surface area contributed by atoms with E-state index in [1.165, 1.54) is 56.0 Å². The number of hydrogen-bond acceptors (Lipinski definition) is 7. The van der Waals surface area contributed by atoms with E-state index in [1.54, 1.807) is 24.3 Å². The zero-order valence-corrected chi connectivity index (χ0v) is 19.3. The molecule has 1 N–H and O–H groups in total. The number of aromatic nitrogens is 2. The fraction of sp³-hybridized carbons (Fsp3) is 0.136. The molecule has 0 bridgehead atoms. The van der Waals surface area contributed by atoms with Crippen LogP contribution in [0.5, 0.6) is 5.88 Å². The zero-order valence-electron chi connectivity index (χ0n) is 17.6. The largest absolute Gasteiger partial charge is 0.467 e. The standard InChI is InChI=1S/C22H19FN4O4S2/c1-27(2)33(29,30)17-5-3-4-16(10-17)26-19(28)11-31-21-20-18(12-32-22(20)25-13-24-21)14-6-8-15(23)9-7-14/h3-10,12-13H,11H2,1-2H3,(H,26,28). The van der Waals surface area contributed by atoms with Gasteiger partial charge >= 0.3 is 0 Å². The van der Waals surface area contributed by atoms with Crippen LogP contribution in [-0.2, 0) is 14.8 Å². The lowest BCUT2D eigenvalue weighted by Gasteiger charge is -2.13. The number of hydrogen-bond donors (Lipinski definition) is 1. The molecule has 170 valence electrons. The van der Waals surface area contributed by atoms with Crippen LogP contribution < -0.4 is 10.1 Å². The van der Waals surface area contributed by atoms with Crippen LogP contribution in [0.2, 0.25) is 0 Å². The second-order valence-corrected chi connectivity index (χ2v) is 10.2. The molecule has 4 rings (SSSR count). The number of sulfonamides is 1. The predicted octanol–water partition coefficient (Wildman–Crippen LogP) is 3.77. The van der Waals surface area contributed by atoms with Gasteiger partial charge in [-0.1, -0.05) is 18.2 Å². The first-order chi connectivity index (χ1) is 15.8. The Hall–Kier alpha value is -3.41. The number of nitrogens with one attached hydrogen (secondary N) is 1. The van der Waals surface area contributed by atoms with Crippen molar-refractivity contribution in [2.45, 2.75) is 4.90 Å². The second kappa shape index (κ2) is 9.22. The average Bonchev–Trinajstić information content (AvgIpc) is 3.23. The van der Waals surface area contributed by atoms with Crippen LogP contribution in [0.3, 0.4) is 0 Å². The molecule has 0 fully saturated rings. The van der Waals surface area contributed by atoms with Crippen molar-refractivity contribution in [2.75, 3.05) is 26.0 Å². The zero-order chi connectivity index (χ0) is 23.6. The Kier molecular flexibility index (Phi) is 6.36. The summed E-state index contributed by atoms with van der Waals surface area (Å²) in [5.74, 6) is -0.607. The summed E-state index contributed by atoms with van der Waals surface area (Å²) in [5.41, 5.74) is 1.86. The summed E-state index contributed by atoms with van der Waals surface area (Å²) >= 11 is 1.38. The first-order valence-electron chi connectivity index (χ1n) is 9.69. The third-order valence-electron chi connectivity index (χ3n) is 4.73. The van der Waals surface area contributed by atoms with E-state index in [4.69, 9.17) is 4.74 Å². The molecule has 0 atom stereocenters. The van der Waals surface area contributed by atoms with Crippen molar-refractivity contribution < 1.29 is 22.3 Å². The molecule has 11 heteroatoms. The number of carbonyl (C=O) groups is 1. The maximum Gasteiger partial charge on any atom is 0.262 e. The number of thiophene rings is 1. The Balaban J connectivity index is 1.52. The Bertz CT molecular complexity index is 1420. The molecule has 4 aromatic rings. The summed E-state index contributed by atoms with van der Waals surface area (Å²) in [6.45, 7) is -0.352. The second-order valence-electron chi connectivity index (χ2n) is 7.17. The van der Waals surface area contributed by atoms with Crippen molar-refractivity contribution in [3.63, 3.8) is 0 Å². The highest BCUT2D eigenvalue weighted by Crippen LogP contribution is 2.37. The van der Waals surface area contributed by atoms with E-state index in [-0.39, 0.29) is 23.2 Å². The number of anilines is 1. The van der Waals surface area contributed by atoms with Crippen LogP contribution in [0.25, 0.3) is 21.3 Å². The topological polar surface area (TPSA) is 101 Å². The van der Waals surface area contributed by atoms with Crippen LogP contribution in [0.15, 0.2) is 65.1 Å². The molecule has 2 aromatic carbocycles. The Morgan fingerprint density at radius 3 is 2.64 bits per heavy atom. The van der Waals surface area contributed by atoms with Crippen molar-refractivity contribution in [2.24, 2.45) is 0 Å². The van der Waals surface area contributed by atoms with Gasteiger partial charge in [0, 0.05) is 30.7 Å². The number of rotatable bonds is 7. The minimum atomic E-state index is -3.63.